The van der Waals surface area contributed by atoms with Gasteiger partial charge >= 0.3 is 0 Å². The third-order valence-electron chi connectivity index (χ3n) is 5.50. The molecule has 104 valence electrons. The lowest BCUT2D eigenvalue weighted by molar-refractivity contribution is 0.152. The summed E-state index contributed by atoms with van der Waals surface area (Å²) in [5.74, 6) is 1.04. The largest absolute Gasteiger partial charge is 0.108 e. The molecule has 18 heavy (non-hydrogen) atoms. The van der Waals surface area contributed by atoms with Crippen LogP contribution in [0.5, 0.6) is 0 Å². The van der Waals surface area contributed by atoms with Gasteiger partial charge in [-0.3, -0.25) is 0 Å². The zero-order valence-electron chi connectivity index (χ0n) is 12.6. The van der Waals surface area contributed by atoms with E-state index in [0.717, 1.165) is 5.92 Å². The van der Waals surface area contributed by atoms with Crippen molar-refractivity contribution >= 4 is 0 Å². The Morgan fingerprint density at radius 3 is 2.39 bits per heavy atom. The molecule has 0 aliphatic heterocycles. The highest BCUT2D eigenvalue weighted by Crippen LogP contribution is 2.48. The van der Waals surface area contributed by atoms with Gasteiger partial charge in [0.15, 0.2) is 0 Å². The molecule has 0 heterocycles. The minimum absolute atomic E-state index is 0.705. The molecule has 1 atom stereocenters. The lowest BCUT2D eigenvalue weighted by Crippen LogP contribution is -2.30. The van der Waals surface area contributed by atoms with E-state index in [-0.39, 0.29) is 0 Å². The molecule has 2 aliphatic carbocycles. The zero-order chi connectivity index (χ0) is 12.7. The smallest absolute Gasteiger partial charge is 0.0654 e. The van der Waals surface area contributed by atoms with Crippen LogP contribution >= 0.6 is 0 Å². The Morgan fingerprint density at radius 1 is 0.944 bits per heavy atom. The number of hydrogen-bond donors (Lipinski definition) is 0. The van der Waals surface area contributed by atoms with E-state index in [9.17, 15) is 0 Å². The SMILES string of the molecule is CCCCCCCC1C[CH+]C2(CCCCC2)CC1. The third kappa shape index (κ3) is 4.21. The molecule has 2 rings (SSSR count). The fourth-order valence-electron chi connectivity index (χ4n) is 4.14. The first-order valence-corrected chi connectivity index (χ1v) is 8.69. The summed E-state index contributed by atoms with van der Waals surface area (Å²) < 4.78 is 0. The van der Waals surface area contributed by atoms with E-state index in [0.29, 0.717) is 5.41 Å². The van der Waals surface area contributed by atoms with Crippen LogP contribution < -0.4 is 0 Å². The van der Waals surface area contributed by atoms with Crippen molar-refractivity contribution in [2.24, 2.45) is 11.3 Å². The molecule has 0 nitrogen and oxygen atoms in total. The van der Waals surface area contributed by atoms with Crippen molar-refractivity contribution in [2.75, 3.05) is 0 Å². The van der Waals surface area contributed by atoms with Gasteiger partial charge < -0.3 is 0 Å². The summed E-state index contributed by atoms with van der Waals surface area (Å²) in [7, 11) is 0. The first-order chi connectivity index (χ1) is 8.85. The highest BCUT2D eigenvalue weighted by atomic mass is 14.4. The minimum Gasteiger partial charge on any atom is -0.0654 e. The van der Waals surface area contributed by atoms with Crippen LogP contribution in [0.25, 0.3) is 0 Å². The van der Waals surface area contributed by atoms with Crippen LogP contribution in [0.4, 0.5) is 0 Å². The van der Waals surface area contributed by atoms with E-state index in [1.807, 2.05) is 0 Å². The molecule has 0 aromatic heterocycles. The van der Waals surface area contributed by atoms with Crippen LogP contribution in [0.2, 0.25) is 0 Å². The van der Waals surface area contributed by atoms with Crippen molar-refractivity contribution in [3.63, 3.8) is 0 Å². The van der Waals surface area contributed by atoms with E-state index in [2.05, 4.69) is 13.3 Å². The van der Waals surface area contributed by atoms with E-state index in [4.69, 9.17) is 0 Å². The Balaban J connectivity index is 1.58. The van der Waals surface area contributed by atoms with E-state index in [1.165, 1.54) is 89.9 Å². The normalized spacial score (nSPS) is 27.1. The molecular weight excluding hydrogens is 216 g/mol. The molecular formula is C18H33+. The zero-order valence-corrected chi connectivity index (χ0v) is 12.6. The van der Waals surface area contributed by atoms with Gasteiger partial charge in [-0.1, -0.05) is 45.4 Å². The molecule has 2 aliphatic rings. The van der Waals surface area contributed by atoms with Gasteiger partial charge in [-0.2, -0.15) is 0 Å². The Morgan fingerprint density at radius 2 is 1.72 bits per heavy atom. The van der Waals surface area contributed by atoms with E-state index < -0.39 is 0 Å². The first-order valence-electron chi connectivity index (χ1n) is 8.69. The Kier molecular flexibility index (Phi) is 5.92. The molecule has 0 saturated heterocycles. The molecule has 0 radical (unpaired) electrons. The van der Waals surface area contributed by atoms with E-state index >= 15 is 0 Å². The van der Waals surface area contributed by atoms with Gasteiger partial charge in [0.05, 0.1) is 12.8 Å². The molecule has 0 amide bonds. The third-order valence-corrected chi connectivity index (χ3v) is 5.50. The second-order valence-electron chi connectivity index (χ2n) is 6.97. The second kappa shape index (κ2) is 7.46. The van der Waals surface area contributed by atoms with Crippen LogP contribution in [0.1, 0.15) is 96.8 Å². The lowest BCUT2D eigenvalue weighted by atomic mass is 9.63. The summed E-state index contributed by atoms with van der Waals surface area (Å²) in [4.78, 5) is 0. The summed E-state index contributed by atoms with van der Waals surface area (Å²) in [6, 6.07) is 0. The minimum atomic E-state index is 0.705. The highest BCUT2D eigenvalue weighted by Gasteiger charge is 2.43. The number of hydrogen-bond acceptors (Lipinski definition) is 0. The molecule has 2 saturated carbocycles. The number of unbranched alkanes of at least 4 members (excludes halogenated alkanes) is 4. The molecule has 0 bridgehead atoms. The number of rotatable bonds is 6. The fourth-order valence-corrected chi connectivity index (χ4v) is 4.14. The summed E-state index contributed by atoms with van der Waals surface area (Å²) in [6.07, 6.45) is 23.5. The molecule has 0 N–H and O–H groups in total. The fraction of sp³-hybridized carbons (Fsp3) is 0.944. The van der Waals surface area contributed by atoms with Crippen LogP contribution in [0.3, 0.4) is 0 Å². The average Bonchev–Trinajstić information content (AvgIpc) is 2.42. The van der Waals surface area contributed by atoms with Crippen LogP contribution in [0, 0.1) is 17.8 Å². The van der Waals surface area contributed by atoms with Gasteiger partial charge in [0.1, 0.15) is 5.41 Å². The van der Waals surface area contributed by atoms with Crippen molar-refractivity contribution in [3.05, 3.63) is 6.42 Å². The molecule has 0 heteroatoms. The summed E-state index contributed by atoms with van der Waals surface area (Å²) in [6.45, 7) is 2.31. The summed E-state index contributed by atoms with van der Waals surface area (Å²) >= 11 is 0. The van der Waals surface area contributed by atoms with Crippen molar-refractivity contribution in [1.29, 1.82) is 0 Å². The second-order valence-corrected chi connectivity index (χ2v) is 6.97. The van der Waals surface area contributed by atoms with Gasteiger partial charge in [0, 0.05) is 0 Å². The van der Waals surface area contributed by atoms with Crippen molar-refractivity contribution in [2.45, 2.75) is 96.8 Å². The molecule has 2 fully saturated rings. The maximum Gasteiger partial charge on any atom is 0.108 e. The van der Waals surface area contributed by atoms with E-state index in [1.54, 1.807) is 0 Å². The van der Waals surface area contributed by atoms with Crippen molar-refractivity contribution in [3.8, 4) is 0 Å². The predicted octanol–water partition coefficient (Wildman–Crippen LogP) is 6.30. The van der Waals surface area contributed by atoms with Gasteiger partial charge in [-0.05, 0) is 50.9 Å². The van der Waals surface area contributed by atoms with Gasteiger partial charge in [-0.15, -0.1) is 0 Å². The van der Waals surface area contributed by atoms with Gasteiger partial charge in [-0.25, -0.2) is 0 Å². The van der Waals surface area contributed by atoms with Crippen LogP contribution in [-0.2, 0) is 0 Å². The summed E-state index contributed by atoms with van der Waals surface area (Å²) in [5, 5.41) is 0. The molecule has 0 aromatic rings. The molecule has 1 unspecified atom stereocenters. The highest BCUT2D eigenvalue weighted by molar-refractivity contribution is 4.99. The quantitative estimate of drug-likeness (QED) is 0.382. The Hall–Kier alpha value is -0.130. The van der Waals surface area contributed by atoms with Crippen molar-refractivity contribution in [1.82, 2.24) is 0 Å². The standard InChI is InChI=1S/C18H33/c1-2-3-4-5-7-10-17-11-15-18(16-12-17)13-8-6-9-14-18/h15,17H,2-14,16H2,1H3/q+1. The van der Waals surface area contributed by atoms with Gasteiger partial charge in [0.2, 0.25) is 0 Å². The predicted molar refractivity (Wildman–Crippen MR) is 80.5 cm³/mol. The Labute approximate surface area is 115 Å². The maximum atomic E-state index is 2.76. The summed E-state index contributed by atoms with van der Waals surface area (Å²) in [5.41, 5.74) is 0.705. The topological polar surface area (TPSA) is 0 Å². The average molecular weight is 249 g/mol. The lowest BCUT2D eigenvalue weighted by Gasteiger charge is -2.35. The molecule has 0 aromatic carbocycles. The van der Waals surface area contributed by atoms with Crippen LogP contribution in [0.15, 0.2) is 0 Å². The maximum absolute atomic E-state index is 2.76. The van der Waals surface area contributed by atoms with Gasteiger partial charge in [0.25, 0.3) is 0 Å². The van der Waals surface area contributed by atoms with Crippen molar-refractivity contribution < 1.29 is 0 Å². The first kappa shape index (κ1) is 14.3. The monoisotopic (exact) mass is 249 g/mol. The molecule has 1 spiro atoms. The Bertz CT molecular complexity index is 202. The van der Waals surface area contributed by atoms with Crippen LogP contribution in [-0.4, -0.2) is 0 Å².